The minimum absolute atomic E-state index is 1.12. The molecule has 1 aliphatic heterocycles. The largest absolute Gasteiger partial charge is 0.352 e. The van der Waals surface area contributed by atoms with Crippen molar-refractivity contribution in [3.8, 4) is 0 Å². The van der Waals surface area contributed by atoms with Crippen LogP contribution in [0.25, 0.3) is 0 Å². The van der Waals surface area contributed by atoms with Crippen molar-refractivity contribution in [2.75, 3.05) is 6.54 Å². The molecule has 1 nitrogen and oxygen atoms in total. The van der Waals surface area contributed by atoms with Gasteiger partial charge in [-0.1, -0.05) is 12.7 Å². The van der Waals surface area contributed by atoms with Crippen LogP contribution < -0.4 is 0 Å². The summed E-state index contributed by atoms with van der Waals surface area (Å²) >= 11 is 0. The molecule has 0 N–H and O–H groups in total. The summed E-state index contributed by atoms with van der Waals surface area (Å²) in [7, 11) is 0. The second-order valence-corrected chi connectivity index (χ2v) is 2.10. The molecule has 0 aromatic carbocycles. The fourth-order valence-corrected chi connectivity index (χ4v) is 0.808. The van der Waals surface area contributed by atoms with Crippen LogP contribution in [-0.4, -0.2) is 11.4 Å². The van der Waals surface area contributed by atoms with Gasteiger partial charge in [0.2, 0.25) is 0 Å². The van der Waals surface area contributed by atoms with Gasteiger partial charge >= 0.3 is 0 Å². The third kappa shape index (κ3) is 0.915. The van der Waals surface area contributed by atoms with Crippen LogP contribution in [-0.2, 0) is 0 Å². The van der Waals surface area contributed by atoms with E-state index in [0.717, 1.165) is 12.2 Å². The quantitative estimate of drug-likeness (QED) is 0.495. The van der Waals surface area contributed by atoms with Crippen LogP contribution in [0, 0.1) is 0 Å². The zero-order valence-electron chi connectivity index (χ0n) is 5.22. The summed E-state index contributed by atoms with van der Waals surface area (Å²) in [5, 5.41) is 0. The molecule has 44 valence electrons. The van der Waals surface area contributed by atoms with E-state index in [1.165, 1.54) is 6.42 Å². The first-order valence-electron chi connectivity index (χ1n) is 2.89. The fraction of sp³-hybridized carbons (Fsp3) is 0.429. The second-order valence-electron chi connectivity index (χ2n) is 2.10. The second kappa shape index (κ2) is 2.03. The van der Waals surface area contributed by atoms with Crippen molar-refractivity contribution in [3.05, 3.63) is 24.6 Å². The Bertz CT molecular complexity index is 124. The van der Waals surface area contributed by atoms with Gasteiger partial charge in [0.1, 0.15) is 0 Å². The third-order valence-electron chi connectivity index (χ3n) is 1.31. The van der Waals surface area contributed by atoms with Crippen molar-refractivity contribution < 1.29 is 0 Å². The van der Waals surface area contributed by atoms with Crippen molar-refractivity contribution in [3.63, 3.8) is 0 Å². The van der Waals surface area contributed by atoms with Crippen molar-refractivity contribution in [1.29, 1.82) is 0 Å². The molecule has 0 atom stereocenters. The van der Waals surface area contributed by atoms with Gasteiger partial charge in [-0.2, -0.15) is 0 Å². The molecule has 0 aromatic rings. The number of hydrogen-bond donors (Lipinski definition) is 0. The van der Waals surface area contributed by atoms with Gasteiger partial charge in [0.05, 0.1) is 0 Å². The lowest BCUT2D eigenvalue weighted by molar-refractivity contribution is 0.506. The molecule has 0 bridgehead atoms. The molecule has 0 aromatic heterocycles. The monoisotopic (exact) mass is 109 g/mol. The molecule has 0 unspecified atom stereocenters. The van der Waals surface area contributed by atoms with E-state index >= 15 is 0 Å². The van der Waals surface area contributed by atoms with E-state index in [0.29, 0.717) is 0 Å². The van der Waals surface area contributed by atoms with Crippen LogP contribution >= 0.6 is 0 Å². The lowest BCUT2D eigenvalue weighted by Crippen LogP contribution is -2.09. The molecule has 0 saturated carbocycles. The van der Waals surface area contributed by atoms with Gasteiger partial charge in [-0.15, -0.1) is 0 Å². The van der Waals surface area contributed by atoms with Gasteiger partial charge in [0.25, 0.3) is 0 Å². The highest BCUT2D eigenvalue weighted by Crippen LogP contribution is 2.08. The van der Waals surface area contributed by atoms with Gasteiger partial charge in [-0.05, 0) is 19.5 Å². The maximum absolute atomic E-state index is 3.81. The van der Waals surface area contributed by atoms with E-state index in [1.807, 2.05) is 6.92 Å². The minimum Gasteiger partial charge on any atom is -0.352 e. The first-order valence-corrected chi connectivity index (χ1v) is 2.89. The first kappa shape index (κ1) is 5.42. The SMILES string of the molecule is C=C(C)N1C=CCC1. The molecule has 1 heterocycles. The fourth-order valence-electron chi connectivity index (χ4n) is 0.808. The topological polar surface area (TPSA) is 3.24 Å². The third-order valence-corrected chi connectivity index (χ3v) is 1.31. The zero-order valence-corrected chi connectivity index (χ0v) is 5.22. The van der Waals surface area contributed by atoms with Crippen LogP contribution in [0.3, 0.4) is 0 Å². The maximum atomic E-state index is 3.81. The van der Waals surface area contributed by atoms with E-state index in [1.54, 1.807) is 0 Å². The Balaban J connectivity index is 2.48. The Morgan fingerprint density at radius 1 is 1.75 bits per heavy atom. The average molecular weight is 109 g/mol. The zero-order chi connectivity index (χ0) is 5.98. The van der Waals surface area contributed by atoms with Crippen LogP contribution in [0.2, 0.25) is 0 Å². The maximum Gasteiger partial charge on any atom is 0.0256 e. The van der Waals surface area contributed by atoms with Gasteiger partial charge in [0, 0.05) is 12.2 Å². The van der Waals surface area contributed by atoms with Crippen LogP contribution in [0.15, 0.2) is 24.6 Å². The molecule has 1 rings (SSSR count). The summed E-state index contributed by atoms with van der Waals surface area (Å²) in [5.41, 5.74) is 1.14. The molecule has 0 aliphatic carbocycles. The summed E-state index contributed by atoms with van der Waals surface area (Å²) in [5.74, 6) is 0. The standard InChI is InChI=1S/C7H11N/c1-7(2)8-5-3-4-6-8/h3,5H,1,4,6H2,2H3. The van der Waals surface area contributed by atoms with E-state index in [2.05, 4.69) is 23.8 Å². The molecular formula is C7H11N. The van der Waals surface area contributed by atoms with Crippen molar-refractivity contribution >= 4 is 0 Å². The predicted octanol–water partition coefficient (Wildman–Crippen LogP) is 1.74. The van der Waals surface area contributed by atoms with E-state index in [9.17, 15) is 0 Å². The normalized spacial score (nSPS) is 17.4. The molecule has 1 aliphatic rings. The summed E-state index contributed by atoms with van der Waals surface area (Å²) in [6.07, 6.45) is 5.42. The van der Waals surface area contributed by atoms with Gasteiger partial charge in [-0.3, -0.25) is 0 Å². The Kier molecular flexibility index (Phi) is 1.38. The summed E-state index contributed by atoms with van der Waals surface area (Å²) in [6.45, 7) is 6.96. The van der Waals surface area contributed by atoms with Crippen LogP contribution in [0.4, 0.5) is 0 Å². The molecular weight excluding hydrogens is 98.1 g/mol. The Morgan fingerprint density at radius 2 is 2.50 bits per heavy atom. The smallest absolute Gasteiger partial charge is 0.0256 e. The molecule has 0 amide bonds. The molecule has 0 fully saturated rings. The number of hydrogen-bond acceptors (Lipinski definition) is 1. The first-order chi connectivity index (χ1) is 3.80. The van der Waals surface area contributed by atoms with Gasteiger partial charge in [0.15, 0.2) is 0 Å². The van der Waals surface area contributed by atoms with Crippen LogP contribution in [0.5, 0.6) is 0 Å². The summed E-state index contributed by atoms with van der Waals surface area (Å²) < 4.78 is 0. The van der Waals surface area contributed by atoms with Gasteiger partial charge in [-0.25, -0.2) is 0 Å². The Labute approximate surface area is 50.3 Å². The van der Waals surface area contributed by atoms with Crippen LogP contribution in [0.1, 0.15) is 13.3 Å². The Hall–Kier alpha value is -0.720. The van der Waals surface area contributed by atoms with E-state index in [-0.39, 0.29) is 0 Å². The lowest BCUT2D eigenvalue weighted by Gasteiger charge is -2.13. The highest BCUT2D eigenvalue weighted by Gasteiger charge is 2.01. The summed E-state index contributed by atoms with van der Waals surface area (Å²) in [4.78, 5) is 2.15. The number of rotatable bonds is 1. The number of allylic oxidation sites excluding steroid dienone is 1. The number of nitrogens with zero attached hydrogens (tertiary/aromatic N) is 1. The Morgan fingerprint density at radius 3 is 2.75 bits per heavy atom. The van der Waals surface area contributed by atoms with Crippen molar-refractivity contribution in [1.82, 2.24) is 4.90 Å². The van der Waals surface area contributed by atoms with E-state index in [4.69, 9.17) is 0 Å². The lowest BCUT2D eigenvalue weighted by atomic mass is 10.4. The average Bonchev–Trinajstić information content (AvgIpc) is 2.12. The van der Waals surface area contributed by atoms with Crippen molar-refractivity contribution in [2.24, 2.45) is 0 Å². The molecule has 0 saturated heterocycles. The molecule has 0 spiro atoms. The highest BCUT2D eigenvalue weighted by molar-refractivity contribution is 5.02. The summed E-state index contributed by atoms with van der Waals surface area (Å²) in [6, 6.07) is 0. The molecule has 0 radical (unpaired) electrons. The molecule has 1 heteroatoms. The van der Waals surface area contributed by atoms with Gasteiger partial charge < -0.3 is 4.90 Å². The molecule has 8 heavy (non-hydrogen) atoms. The van der Waals surface area contributed by atoms with E-state index < -0.39 is 0 Å². The minimum atomic E-state index is 1.12. The predicted molar refractivity (Wildman–Crippen MR) is 35.3 cm³/mol. The highest BCUT2D eigenvalue weighted by atomic mass is 15.1. The van der Waals surface area contributed by atoms with Crippen molar-refractivity contribution in [2.45, 2.75) is 13.3 Å².